The van der Waals surface area contributed by atoms with E-state index in [0.29, 0.717) is 30.0 Å². The number of aliphatic hydroxyl groups excluding tert-OH is 1. The lowest BCUT2D eigenvalue weighted by Gasteiger charge is -2.13. The Morgan fingerprint density at radius 3 is 2.45 bits per heavy atom. The summed E-state index contributed by atoms with van der Waals surface area (Å²) in [5.41, 5.74) is 0.395. The van der Waals surface area contributed by atoms with Gasteiger partial charge in [-0.05, 0) is 25.3 Å². The number of aliphatic hydroxyl groups is 1. The van der Waals surface area contributed by atoms with Gasteiger partial charge in [0.2, 0.25) is 0 Å². The predicted molar refractivity (Wildman–Crippen MR) is 116 cm³/mol. The predicted octanol–water partition coefficient (Wildman–Crippen LogP) is 2.33. The number of hydrogen-bond acceptors (Lipinski definition) is 6. The molecule has 0 unspecified atom stereocenters. The smallest absolute Gasteiger partial charge is 0.333 e. The van der Waals surface area contributed by atoms with Crippen molar-refractivity contribution in [3.63, 3.8) is 0 Å². The number of nitrogens with zero attached hydrogens (tertiary/aromatic N) is 5. The van der Waals surface area contributed by atoms with Crippen LogP contribution in [0.3, 0.4) is 0 Å². The fraction of sp³-hybridized carbons (Fsp3) is 0.476. The lowest BCUT2D eigenvalue weighted by Crippen LogP contribution is -2.41. The molecule has 3 rings (SSSR count). The van der Waals surface area contributed by atoms with Crippen molar-refractivity contribution in [3.8, 4) is 0 Å². The monoisotopic (exact) mass is 429 g/mol. The van der Waals surface area contributed by atoms with Gasteiger partial charge in [0.05, 0.1) is 11.5 Å². The third kappa shape index (κ3) is 4.02. The number of aryl methyl sites for hydroxylation is 2. The fourth-order valence-corrected chi connectivity index (χ4v) is 3.79. The normalized spacial score (nSPS) is 11.4. The summed E-state index contributed by atoms with van der Waals surface area (Å²) in [7, 11) is 0. The van der Waals surface area contributed by atoms with Crippen molar-refractivity contribution in [3.05, 3.63) is 66.1 Å². The summed E-state index contributed by atoms with van der Waals surface area (Å²) < 4.78 is 4.24. The maximum Gasteiger partial charge on any atom is 0.333 e. The highest BCUT2D eigenvalue weighted by molar-refractivity contribution is 5.71. The van der Waals surface area contributed by atoms with Crippen molar-refractivity contribution < 1.29 is 10.0 Å². The molecule has 0 aliphatic heterocycles. The highest BCUT2D eigenvalue weighted by atomic mass is 16.6. The van der Waals surface area contributed by atoms with Crippen LogP contribution in [-0.2, 0) is 26.2 Å². The SMILES string of the molecule is CCCCn1c(=O)n(Cc2cccc([N+](=O)[O-])c2C)c(=O)c2c1nc(CO)n2CCC. The first-order chi connectivity index (χ1) is 14.8. The fourth-order valence-electron chi connectivity index (χ4n) is 3.79. The Labute approximate surface area is 178 Å². The largest absolute Gasteiger partial charge is 0.388 e. The zero-order valence-electron chi connectivity index (χ0n) is 18.0. The van der Waals surface area contributed by atoms with Gasteiger partial charge in [-0.2, -0.15) is 0 Å². The number of hydrogen-bond donors (Lipinski definition) is 1. The Morgan fingerprint density at radius 1 is 1.10 bits per heavy atom. The van der Waals surface area contributed by atoms with Gasteiger partial charge >= 0.3 is 5.69 Å². The molecule has 10 nitrogen and oxygen atoms in total. The topological polar surface area (TPSA) is 125 Å². The van der Waals surface area contributed by atoms with Gasteiger partial charge in [-0.15, -0.1) is 0 Å². The van der Waals surface area contributed by atoms with Crippen molar-refractivity contribution in [2.45, 2.75) is 66.3 Å². The minimum atomic E-state index is -0.515. The number of aromatic nitrogens is 4. The van der Waals surface area contributed by atoms with E-state index in [-0.39, 0.29) is 30.0 Å². The van der Waals surface area contributed by atoms with E-state index in [1.165, 1.54) is 10.6 Å². The van der Waals surface area contributed by atoms with Crippen molar-refractivity contribution in [2.24, 2.45) is 0 Å². The van der Waals surface area contributed by atoms with Crippen LogP contribution >= 0.6 is 0 Å². The van der Waals surface area contributed by atoms with E-state index in [4.69, 9.17) is 0 Å². The second kappa shape index (κ2) is 9.25. The Kier molecular flexibility index (Phi) is 6.69. The number of nitro groups is 1. The van der Waals surface area contributed by atoms with Crippen LogP contribution in [0.25, 0.3) is 11.2 Å². The van der Waals surface area contributed by atoms with Gasteiger partial charge in [-0.3, -0.25) is 24.0 Å². The summed E-state index contributed by atoms with van der Waals surface area (Å²) in [5, 5.41) is 21.0. The molecule has 0 saturated heterocycles. The standard InChI is InChI=1S/C21H27N5O5/c1-4-6-11-24-19-18(23(10-5-2)17(13-27)22-19)20(28)25(21(24)29)12-15-8-7-9-16(14(15)3)26(30)31/h7-9,27H,4-6,10-13H2,1-3H3. The zero-order chi connectivity index (χ0) is 22.7. The first kappa shape index (κ1) is 22.4. The van der Waals surface area contributed by atoms with E-state index in [9.17, 15) is 24.8 Å². The van der Waals surface area contributed by atoms with Crippen LogP contribution in [0, 0.1) is 17.0 Å². The molecule has 31 heavy (non-hydrogen) atoms. The Bertz CT molecular complexity index is 1240. The molecule has 166 valence electrons. The molecular formula is C21H27N5O5. The first-order valence-electron chi connectivity index (χ1n) is 10.4. The summed E-state index contributed by atoms with van der Waals surface area (Å²) in [4.78, 5) is 41.9. The number of unbranched alkanes of at least 4 members (excludes halogenated alkanes) is 1. The van der Waals surface area contributed by atoms with Gasteiger partial charge in [0.25, 0.3) is 11.2 Å². The number of imidazole rings is 1. The van der Waals surface area contributed by atoms with Crippen LogP contribution in [0.2, 0.25) is 0 Å². The second-order valence-corrected chi connectivity index (χ2v) is 7.51. The van der Waals surface area contributed by atoms with Gasteiger partial charge in [0, 0.05) is 24.7 Å². The average molecular weight is 429 g/mol. The molecule has 0 aliphatic carbocycles. The van der Waals surface area contributed by atoms with Crippen LogP contribution in [-0.4, -0.2) is 28.7 Å². The van der Waals surface area contributed by atoms with Gasteiger partial charge in [-0.1, -0.05) is 32.4 Å². The highest BCUT2D eigenvalue weighted by Crippen LogP contribution is 2.21. The molecule has 0 saturated carbocycles. The molecule has 0 radical (unpaired) electrons. The Morgan fingerprint density at radius 2 is 1.84 bits per heavy atom. The molecule has 0 aliphatic rings. The summed E-state index contributed by atoms with van der Waals surface area (Å²) in [6.07, 6.45) is 2.29. The number of nitro benzene ring substituents is 1. The number of fused-ring (bicyclic) bond motifs is 1. The van der Waals surface area contributed by atoms with Crippen molar-refractivity contribution >= 4 is 16.9 Å². The summed E-state index contributed by atoms with van der Waals surface area (Å²) in [6.45, 7) is 5.99. The minimum Gasteiger partial charge on any atom is -0.388 e. The highest BCUT2D eigenvalue weighted by Gasteiger charge is 2.22. The molecule has 2 aromatic heterocycles. The van der Waals surface area contributed by atoms with Crippen molar-refractivity contribution in [2.75, 3.05) is 0 Å². The number of rotatable bonds is 9. The van der Waals surface area contributed by atoms with E-state index in [2.05, 4.69) is 4.98 Å². The molecule has 0 spiro atoms. The molecular weight excluding hydrogens is 402 g/mol. The van der Waals surface area contributed by atoms with Crippen molar-refractivity contribution in [1.82, 2.24) is 18.7 Å². The maximum atomic E-state index is 13.4. The average Bonchev–Trinajstić information content (AvgIpc) is 3.10. The van der Waals surface area contributed by atoms with Crippen LogP contribution in [0.4, 0.5) is 5.69 Å². The molecule has 1 aromatic carbocycles. The van der Waals surface area contributed by atoms with Crippen LogP contribution in [0.5, 0.6) is 0 Å². The third-order valence-corrected chi connectivity index (χ3v) is 5.46. The zero-order valence-corrected chi connectivity index (χ0v) is 18.0. The van der Waals surface area contributed by atoms with Gasteiger partial charge in [0.1, 0.15) is 12.4 Å². The molecule has 0 atom stereocenters. The Balaban J connectivity index is 2.30. The van der Waals surface area contributed by atoms with Crippen molar-refractivity contribution in [1.29, 1.82) is 0 Å². The van der Waals surface area contributed by atoms with E-state index >= 15 is 0 Å². The van der Waals surface area contributed by atoms with E-state index in [1.54, 1.807) is 23.6 Å². The number of benzene rings is 1. The van der Waals surface area contributed by atoms with Crippen LogP contribution in [0.1, 0.15) is 50.1 Å². The third-order valence-electron chi connectivity index (χ3n) is 5.46. The van der Waals surface area contributed by atoms with Crippen LogP contribution in [0.15, 0.2) is 27.8 Å². The summed E-state index contributed by atoms with van der Waals surface area (Å²) >= 11 is 0. The van der Waals surface area contributed by atoms with E-state index in [0.717, 1.165) is 23.8 Å². The minimum absolute atomic E-state index is 0.0588. The van der Waals surface area contributed by atoms with Gasteiger partial charge < -0.3 is 9.67 Å². The first-order valence-corrected chi connectivity index (χ1v) is 10.4. The maximum absolute atomic E-state index is 13.4. The molecule has 1 N–H and O–H groups in total. The van der Waals surface area contributed by atoms with E-state index in [1.807, 2.05) is 13.8 Å². The lowest BCUT2D eigenvalue weighted by molar-refractivity contribution is -0.385. The molecule has 0 bridgehead atoms. The summed E-state index contributed by atoms with van der Waals surface area (Å²) in [6, 6.07) is 4.62. The van der Waals surface area contributed by atoms with E-state index < -0.39 is 16.2 Å². The Hall–Kier alpha value is -3.27. The van der Waals surface area contributed by atoms with Gasteiger partial charge in [-0.25, -0.2) is 9.78 Å². The lowest BCUT2D eigenvalue weighted by atomic mass is 10.1. The molecule has 2 heterocycles. The second-order valence-electron chi connectivity index (χ2n) is 7.51. The summed E-state index contributed by atoms with van der Waals surface area (Å²) in [5.74, 6) is 0.336. The van der Waals surface area contributed by atoms with Crippen LogP contribution < -0.4 is 11.2 Å². The molecule has 0 amide bonds. The molecule has 3 aromatic rings. The van der Waals surface area contributed by atoms with Gasteiger partial charge in [0.15, 0.2) is 11.2 Å². The molecule has 0 fully saturated rings. The molecule has 10 heteroatoms. The quantitative estimate of drug-likeness (QED) is 0.411.